The van der Waals surface area contributed by atoms with Crippen molar-refractivity contribution in [1.29, 1.82) is 0 Å². The SMILES string of the molecule is CC(C)Oc1ccc(C[NH2+]C[C@@]2(C[NH+](C)C)CCOC(C)(C)C2)cc1. The summed E-state index contributed by atoms with van der Waals surface area (Å²) in [5.74, 6) is 0.956. The largest absolute Gasteiger partial charge is 0.491 e. The van der Waals surface area contributed by atoms with E-state index in [1.54, 1.807) is 0 Å². The number of rotatable bonds is 8. The Kier molecular flexibility index (Phi) is 6.89. The van der Waals surface area contributed by atoms with Crippen LogP contribution in [0.25, 0.3) is 0 Å². The van der Waals surface area contributed by atoms with Crippen molar-refractivity contribution in [3.8, 4) is 5.75 Å². The molecule has 0 aromatic heterocycles. The van der Waals surface area contributed by atoms with Crippen molar-refractivity contribution in [2.45, 2.75) is 58.8 Å². The molecule has 1 aromatic rings. The number of hydrogen-bond donors (Lipinski definition) is 2. The highest BCUT2D eigenvalue weighted by atomic mass is 16.5. The van der Waals surface area contributed by atoms with E-state index in [1.165, 1.54) is 23.4 Å². The summed E-state index contributed by atoms with van der Waals surface area (Å²) in [6.07, 6.45) is 2.53. The van der Waals surface area contributed by atoms with Gasteiger partial charge in [-0.3, -0.25) is 0 Å². The fourth-order valence-electron chi connectivity index (χ4n) is 4.25. The Morgan fingerprint density at radius 1 is 1.20 bits per heavy atom. The average molecular weight is 351 g/mol. The molecular weight excluding hydrogens is 312 g/mol. The Labute approximate surface area is 153 Å². The van der Waals surface area contributed by atoms with E-state index in [2.05, 4.69) is 71.4 Å². The lowest BCUT2D eigenvalue weighted by Gasteiger charge is -2.43. The van der Waals surface area contributed by atoms with Crippen molar-refractivity contribution in [3.05, 3.63) is 29.8 Å². The summed E-state index contributed by atoms with van der Waals surface area (Å²) < 4.78 is 11.7. The fourth-order valence-corrected chi connectivity index (χ4v) is 4.25. The second-order valence-corrected chi connectivity index (χ2v) is 8.93. The van der Waals surface area contributed by atoms with Gasteiger partial charge >= 0.3 is 0 Å². The third kappa shape index (κ3) is 6.61. The highest BCUT2D eigenvalue weighted by Crippen LogP contribution is 2.36. The number of benzene rings is 1. The maximum atomic E-state index is 5.97. The van der Waals surface area contributed by atoms with E-state index in [4.69, 9.17) is 9.47 Å². The molecule has 0 saturated carbocycles. The van der Waals surface area contributed by atoms with E-state index in [9.17, 15) is 0 Å². The van der Waals surface area contributed by atoms with Crippen LogP contribution in [0, 0.1) is 5.41 Å². The summed E-state index contributed by atoms with van der Waals surface area (Å²) in [6, 6.07) is 8.54. The van der Waals surface area contributed by atoms with Gasteiger partial charge < -0.3 is 19.7 Å². The Morgan fingerprint density at radius 3 is 2.44 bits per heavy atom. The van der Waals surface area contributed by atoms with Crippen molar-refractivity contribution in [2.75, 3.05) is 33.8 Å². The summed E-state index contributed by atoms with van der Waals surface area (Å²) in [4.78, 5) is 1.53. The monoisotopic (exact) mass is 350 g/mol. The van der Waals surface area contributed by atoms with E-state index < -0.39 is 0 Å². The molecule has 1 heterocycles. The molecule has 1 fully saturated rings. The topological polar surface area (TPSA) is 39.5 Å². The van der Waals surface area contributed by atoms with Crippen LogP contribution in [0.15, 0.2) is 24.3 Å². The van der Waals surface area contributed by atoms with Crippen LogP contribution in [-0.2, 0) is 11.3 Å². The third-order valence-corrected chi connectivity index (χ3v) is 4.91. The maximum absolute atomic E-state index is 5.97. The first kappa shape index (κ1) is 20.2. The van der Waals surface area contributed by atoms with Crippen molar-refractivity contribution in [3.63, 3.8) is 0 Å². The van der Waals surface area contributed by atoms with Crippen LogP contribution in [0.3, 0.4) is 0 Å². The molecule has 142 valence electrons. The fraction of sp³-hybridized carbons (Fsp3) is 0.714. The minimum atomic E-state index is -0.00261. The Balaban J connectivity index is 1.92. The number of hydrogen-bond acceptors (Lipinski definition) is 2. The summed E-state index contributed by atoms with van der Waals surface area (Å²) >= 11 is 0. The first-order chi connectivity index (χ1) is 11.7. The van der Waals surface area contributed by atoms with Crippen LogP contribution in [-0.4, -0.2) is 45.5 Å². The molecule has 2 rings (SSSR count). The van der Waals surface area contributed by atoms with Crippen molar-refractivity contribution in [2.24, 2.45) is 5.41 Å². The van der Waals surface area contributed by atoms with Gasteiger partial charge in [0.15, 0.2) is 0 Å². The minimum Gasteiger partial charge on any atom is -0.491 e. The minimum absolute atomic E-state index is 0.00261. The smallest absolute Gasteiger partial charge is 0.119 e. The lowest BCUT2D eigenvalue weighted by atomic mass is 9.73. The molecule has 1 aliphatic heterocycles. The zero-order chi connectivity index (χ0) is 18.5. The van der Waals surface area contributed by atoms with Gasteiger partial charge in [-0.05, 0) is 64.8 Å². The Morgan fingerprint density at radius 2 is 1.88 bits per heavy atom. The standard InChI is InChI=1S/C21H36N2O2/c1-17(2)25-19-9-7-18(8-10-19)13-22-15-21(16-23(5)6)11-12-24-20(3,4)14-21/h7-10,17,22H,11-16H2,1-6H3/p+2/t21-/m1/s1. The average Bonchev–Trinajstić information content (AvgIpc) is 2.46. The van der Waals surface area contributed by atoms with E-state index in [-0.39, 0.29) is 11.7 Å². The highest BCUT2D eigenvalue weighted by molar-refractivity contribution is 5.26. The van der Waals surface area contributed by atoms with Gasteiger partial charge in [0.2, 0.25) is 0 Å². The third-order valence-electron chi connectivity index (χ3n) is 4.91. The van der Waals surface area contributed by atoms with Crippen LogP contribution in [0.1, 0.15) is 46.1 Å². The van der Waals surface area contributed by atoms with Crippen LogP contribution in [0.4, 0.5) is 0 Å². The van der Waals surface area contributed by atoms with Gasteiger partial charge in [0.1, 0.15) is 12.3 Å². The molecule has 1 aliphatic rings. The molecule has 1 atom stereocenters. The molecule has 0 bridgehead atoms. The molecule has 25 heavy (non-hydrogen) atoms. The number of quaternary nitrogens is 2. The molecule has 0 aliphatic carbocycles. The van der Waals surface area contributed by atoms with Crippen molar-refractivity contribution in [1.82, 2.24) is 0 Å². The summed E-state index contributed by atoms with van der Waals surface area (Å²) in [7, 11) is 4.52. The molecule has 4 heteroatoms. The summed E-state index contributed by atoms with van der Waals surface area (Å²) in [6.45, 7) is 12.9. The van der Waals surface area contributed by atoms with Gasteiger partial charge in [-0.1, -0.05) is 0 Å². The quantitative estimate of drug-likeness (QED) is 0.741. The van der Waals surface area contributed by atoms with Crippen LogP contribution in [0.5, 0.6) is 5.75 Å². The maximum Gasteiger partial charge on any atom is 0.119 e. The predicted octanol–water partition coefficient (Wildman–Crippen LogP) is 1.26. The van der Waals surface area contributed by atoms with E-state index in [0.29, 0.717) is 5.41 Å². The summed E-state index contributed by atoms with van der Waals surface area (Å²) in [5, 5.41) is 2.47. The van der Waals surface area contributed by atoms with Gasteiger partial charge in [-0.15, -0.1) is 0 Å². The lowest BCUT2D eigenvalue weighted by Crippen LogP contribution is -3.08. The zero-order valence-corrected chi connectivity index (χ0v) is 17.0. The molecule has 0 spiro atoms. The van der Waals surface area contributed by atoms with Crippen molar-refractivity contribution < 1.29 is 19.7 Å². The van der Waals surface area contributed by atoms with Crippen LogP contribution < -0.4 is 15.0 Å². The zero-order valence-electron chi connectivity index (χ0n) is 17.0. The molecule has 1 saturated heterocycles. The molecule has 1 aromatic carbocycles. The lowest BCUT2D eigenvalue weighted by molar-refractivity contribution is -0.870. The molecule has 0 radical (unpaired) electrons. The second-order valence-electron chi connectivity index (χ2n) is 8.93. The van der Waals surface area contributed by atoms with Gasteiger partial charge in [0.25, 0.3) is 0 Å². The van der Waals surface area contributed by atoms with Gasteiger partial charge in [-0.2, -0.15) is 0 Å². The summed E-state index contributed by atoms with van der Waals surface area (Å²) in [5.41, 5.74) is 1.72. The predicted molar refractivity (Wildman–Crippen MR) is 102 cm³/mol. The highest BCUT2D eigenvalue weighted by Gasteiger charge is 2.44. The van der Waals surface area contributed by atoms with Crippen molar-refractivity contribution >= 4 is 0 Å². The Hall–Kier alpha value is -1.10. The molecular formula is C21H38N2O2+2. The van der Waals surface area contributed by atoms with E-state index >= 15 is 0 Å². The van der Waals surface area contributed by atoms with Crippen LogP contribution >= 0.6 is 0 Å². The number of nitrogens with one attached hydrogen (secondary N) is 1. The first-order valence-corrected chi connectivity index (χ1v) is 9.70. The first-order valence-electron chi connectivity index (χ1n) is 9.70. The molecule has 4 nitrogen and oxygen atoms in total. The second kappa shape index (κ2) is 8.52. The van der Waals surface area contributed by atoms with Gasteiger partial charge in [-0.25, -0.2) is 0 Å². The normalized spacial score (nSPS) is 23.2. The molecule has 0 amide bonds. The molecule has 0 unspecified atom stereocenters. The molecule has 3 N–H and O–H groups in total. The number of ether oxygens (including phenoxy) is 2. The van der Waals surface area contributed by atoms with Gasteiger partial charge in [0.05, 0.1) is 44.3 Å². The number of nitrogens with two attached hydrogens (primary N) is 1. The van der Waals surface area contributed by atoms with Gasteiger partial charge in [0, 0.05) is 12.2 Å². The Bertz CT molecular complexity index is 525. The van der Waals surface area contributed by atoms with Crippen LogP contribution in [0.2, 0.25) is 0 Å². The van der Waals surface area contributed by atoms with E-state index in [0.717, 1.165) is 31.9 Å². The van der Waals surface area contributed by atoms with E-state index in [1.807, 2.05) is 0 Å².